The smallest absolute Gasteiger partial charge is 0.261 e. The quantitative estimate of drug-likeness (QED) is 0.676. The number of aromatic nitrogens is 1. The highest BCUT2D eigenvalue weighted by Gasteiger charge is 2.34. The minimum Gasteiger partial charge on any atom is -0.327 e. The lowest BCUT2D eigenvalue weighted by atomic mass is 10.1. The van der Waals surface area contributed by atoms with E-state index in [1.807, 2.05) is 37.4 Å². The SMILES string of the molecule is Cc1cc(NS(=O)(=O)c2ccc(C#N)cc2)cc(-c2ccc([C@H]3C[C@@H]3N)cn2)c1. The lowest BCUT2D eigenvalue weighted by Crippen LogP contribution is -2.13. The fourth-order valence-electron chi connectivity index (χ4n) is 3.31. The number of nitrogens with one attached hydrogen (secondary N) is 1. The van der Waals surface area contributed by atoms with Gasteiger partial charge in [-0.1, -0.05) is 6.07 Å². The number of hydrogen-bond donors (Lipinski definition) is 2. The Balaban J connectivity index is 1.60. The van der Waals surface area contributed by atoms with Gasteiger partial charge in [-0.3, -0.25) is 9.71 Å². The van der Waals surface area contributed by atoms with Gasteiger partial charge in [0.15, 0.2) is 0 Å². The van der Waals surface area contributed by atoms with Gasteiger partial charge in [0.25, 0.3) is 10.0 Å². The Morgan fingerprint density at radius 1 is 1.14 bits per heavy atom. The van der Waals surface area contributed by atoms with E-state index < -0.39 is 10.0 Å². The number of nitrogens with zero attached hydrogens (tertiary/aromatic N) is 2. The average molecular weight is 404 g/mol. The summed E-state index contributed by atoms with van der Waals surface area (Å²) in [7, 11) is -3.76. The minimum atomic E-state index is -3.76. The zero-order chi connectivity index (χ0) is 20.6. The molecule has 0 amide bonds. The van der Waals surface area contributed by atoms with Crippen molar-refractivity contribution in [2.45, 2.75) is 30.2 Å². The molecule has 0 spiro atoms. The first-order chi connectivity index (χ1) is 13.9. The van der Waals surface area contributed by atoms with Gasteiger partial charge in [0.1, 0.15) is 0 Å². The van der Waals surface area contributed by atoms with E-state index in [0.29, 0.717) is 17.2 Å². The third kappa shape index (κ3) is 4.14. The summed E-state index contributed by atoms with van der Waals surface area (Å²) in [4.78, 5) is 4.64. The standard InChI is InChI=1S/C22H20N4O2S/c1-14-8-17(22-7-4-16(13-25-22)20-11-21(20)24)10-18(9-14)26-29(27,28)19-5-2-15(12-23)3-6-19/h2-10,13,20-21,26H,11,24H2,1H3/t20-,21+/m1/s1. The Morgan fingerprint density at radius 2 is 1.86 bits per heavy atom. The van der Waals surface area contributed by atoms with Crippen LogP contribution in [-0.4, -0.2) is 19.4 Å². The molecule has 0 unspecified atom stereocenters. The molecule has 2 aromatic carbocycles. The maximum Gasteiger partial charge on any atom is 0.261 e. The zero-order valence-electron chi connectivity index (χ0n) is 15.8. The summed E-state index contributed by atoms with van der Waals surface area (Å²) in [6.45, 7) is 1.90. The molecule has 29 heavy (non-hydrogen) atoms. The van der Waals surface area contributed by atoms with Crippen molar-refractivity contribution in [2.75, 3.05) is 4.72 Å². The highest BCUT2D eigenvalue weighted by atomic mass is 32.2. The molecule has 146 valence electrons. The van der Waals surface area contributed by atoms with E-state index in [1.165, 1.54) is 24.3 Å². The second kappa shape index (κ2) is 7.32. The van der Waals surface area contributed by atoms with Crippen molar-refractivity contribution in [3.05, 3.63) is 77.5 Å². The second-order valence-electron chi connectivity index (χ2n) is 7.31. The van der Waals surface area contributed by atoms with Crippen LogP contribution in [0.15, 0.2) is 65.7 Å². The molecule has 3 aromatic rings. The molecule has 1 aliphatic carbocycles. The Labute approximate surface area is 170 Å². The second-order valence-corrected chi connectivity index (χ2v) is 8.99. The highest BCUT2D eigenvalue weighted by molar-refractivity contribution is 7.92. The van der Waals surface area contributed by atoms with Gasteiger partial charge >= 0.3 is 0 Å². The predicted octanol–water partition coefficient (Wildman–Crippen LogP) is 3.54. The third-order valence-corrected chi connectivity index (χ3v) is 6.37. The van der Waals surface area contributed by atoms with E-state index >= 15 is 0 Å². The fourth-order valence-corrected chi connectivity index (χ4v) is 4.35. The van der Waals surface area contributed by atoms with Gasteiger partial charge in [0.05, 0.1) is 22.2 Å². The van der Waals surface area contributed by atoms with E-state index in [9.17, 15) is 8.42 Å². The van der Waals surface area contributed by atoms with Crippen LogP contribution in [0.1, 0.15) is 29.0 Å². The van der Waals surface area contributed by atoms with Crippen molar-refractivity contribution >= 4 is 15.7 Å². The Bertz CT molecular complexity index is 1200. The number of benzene rings is 2. The molecule has 1 saturated carbocycles. The molecule has 0 aliphatic heterocycles. The van der Waals surface area contributed by atoms with Crippen molar-refractivity contribution in [2.24, 2.45) is 5.73 Å². The van der Waals surface area contributed by atoms with Gasteiger partial charge in [-0.05, 0) is 73.0 Å². The number of anilines is 1. The summed E-state index contributed by atoms with van der Waals surface area (Å²) in [6, 6.07) is 17.5. The van der Waals surface area contributed by atoms with Gasteiger partial charge in [-0.2, -0.15) is 5.26 Å². The minimum absolute atomic E-state index is 0.0998. The fraction of sp³-hybridized carbons (Fsp3) is 0.182. The Hall–Kier alpha value is -3.21. The molecule has 0 radical (unpaired) electrons. The molecule has 4 rings (SSSR count). The molecular weight excluding hydrogens is 384 g/mol. The zero-order valence-corrected chi connectivity index (χ0v) is 16.6. The van der Waals surface area contributed by atoms with Gasteiger partial charge in [-0.25, -0.2) is 8.42 Å². The summed E-state index contributed by atoms with van der Waals surface area (Å²) in [5.74, 6) is 0.392. The van der Waals surface area contributed by atoms with Crippen molar-refractivity contribution in [3.63, 3.8) is 0 Å². The molecule has 1 fully saturated rings. The molecular formula is C22H20N4O2S. The van der Waals surface area contributed by atoms with Crippen LogP contribution in [0.2, 0.25) is 0 Å². The molecule has 1 aromatic heterocycles. The maximum atomic E-state index is 12.7. The molecule has 1 aliphatic rings. The first kappa shape index (κ1) is 19.1. The first-order valence-corrected chi connectivity index (χ1v) is 10.7. The number of pyridine rings is 1. The number of hydrogen-bond acceptors (Lipinski definition) is 5. The van der Waals surface area contributed by atoms with Crippen LogP contribution < -0.4 is 10.5 Å². The number of sulfonamides is 1. The van der Waals surface area contributed by atoms with Crippen LogP contribution in [0.4, 0.5) is 5.69 Å². The number of nitrogens with two attached hydrogens (primary N) is 1. The Morgan fingerprint density at radius 3 is 2.45 bits per heavy atom. The molecule has 6 nitrogen and oxygen atoms in total. The summed E-state index contributed by atoms with van der Waals surface area (Å²) in [5.41, 5.74) is 10.4. The molecule has 1 heterocycles. The van der Waals surface area contributed by atoms with Crippen molar-refractivity contribution < 1.29 is 8.42 Å². The van der Waals surface area contributed by atoms with E-state index in [4.69, 9.17) is 11.0 Å². The molecule has 0 bridgehead atoms. The molecule has 7 heteroatoms. The normalized spacial score (nSPS) is 18.1. The summed E-state index contributed by atoms with van der Waals surface area (Å²) < 4.78 is 28.0. The van der Waals surface area contributed by atoms with Crippen LogP contribution in [0.3, 0.4) is 0 Å². The molecule has 2 atom stereocenters. The van der Waals surface area contributed by atoms with Gasteiger partial charge < -0.3 is 5.73 Å². The van der Waals surface area contributed by atoms with Crippen molar-refractivity contribution in [3.8, 4) is 17.3 Å². The first-order valence-electron chi connectivity index (χ1n) is 9.22. The van der Waals surface area contributed by atoms with Crippen LogP contribution >= 0.6 is 0 Å². The van der Waals surface area contributed by atoms with Crippen molar-refractivity contribution in [1.29, 1.82) is 5.26 Å². The molecule has 0 saturated heterocycles. The molecule has 3 N–H and O–H groups in total. The van der Waals surface area contributed by atoms with E-state index in [0.717, 1.165) is 28.8 Å². The van der Waals surface area contributed by atoms with Crippen LogP contribution in [0.25, 0.3) is 11.3 Å². The maximum absolute atomic E-state index is 12.7. The van der Waals surface area contributed by atoms with Crippen molar-refractivity contribution in [1.82, 2.24) is 4.98 Å². The van der Waals surface area contributed by atoms with Crippen LogP contribution in [-0.2, 0) is 10.0 Å². The lowest BCUT2D eigenvalue weighted by molar-refractivity contribution is 0.601. The largest absolute Gasteiger partial charge is 0.327 e. The predicted molar refractivity (Wildman–Crippen MR) is 112 cm³/mol. The van der Waals surface area contributed by atoms with E-state index in [1.54, 1.807) is 12.1 Å². The average Bonchev–Trinajstić information content (AvgIpc) is 3.44. The summed E-state index contributed by atoms with van der Waals surface area (Å²) >= 11 is 0. The van der Waals surface area contributed by atoms with Crippen LogP contribution in [0, 0.1) is 18.3 Å². The van der Waals surface area contributed by atoms with Gasteiger partial charge in [-0.15, -0.1) is 0 Å². The summed E-state index contributed by atoms with van der Waals surface area (Å²) in [6.07, 6.45) is 2.84. The van der Waals surface area contributed by atoms with Gasteiger partial charge in [0, 0.05) is 29.4 Å². The number of aryl methyl sites for hydroxylation is 1. The lowest BCUT2D eigenvalue weighted by Gasteiger charge is -2.11. The Kier molecular flexibility index (Phi) is 4.82. The summed E-state index contributed by atoms with van der Waals surface area (Å²) in [5, 5.41) is 8.87. The van der Waals surface area contributed by atoms with Gasteiger partial charge in [0.2, 0.25) is 0 Å². The third-order valence-electron chi connectivity index (χ3n) is 4.97. The number of rotatable bonds is 5. The van der Waals surface area contributed by atoms with E-state index in [2.05, 4.69) is 9.71 Å². The highest BCUT2D eigenvalue weighted by Crippen LogP contribution is 2.39. The monoisotopic (exact) mass is 404 g/mol. The van der Waals surface area contributed by atoms with Crippen LogP contribution in [0.5, 0.6) is 0 Å². The van der Waals surface area contributed by atoms with E-state index in [-0.39, 0.29) is 10.9 Å². The topological polar surface area (TPSA) is 109 Å². The number of nitriles is 1.